The average Bonchev–Trinajstić information content (AvgIpc) is 2.56. The number of aromatic nitrogens is 1. The Labute approximate surface area is 146 Å². The van der Waals surface area contributed by atoms with Crippen molar-refractivity contribution < 1.29 is 9.53 Å². The van der Waals surface area contributed by atoms with Gasteiger partial charge in [-0.2, -0.15) is 0 Å². The lowest BCUT2D eigenvalue weighted by Crippen LogP contribution is -2.20. The third-order valence-electron chi connectivity index (χ3n) is 3.50. The Morgan fingerprint density at radius 3 is 2.61 bits per heavy atom. The summed E-state index contributed by atoms with van der Waals surface area (Å²) in [6.45, 7) is 1.95. The number of para-hydroxylation sites is 1. The van der Waals surface area contributed by atoms with Crippen molar-refractivity contribution in [3.05, 3.63) is 74.1 Å². The zero-order chi connectivity index (χ0) is 16.4. The molecule has 23 heavy (non-hydrogen) atoms. The maximum absolute atomic E-state index is 12.6. The lowest BCUT2D eigenvalue weighted by atomic mass is 10.1. The summed E-state index contributed by atoms with van der Waals surface area (Å²) in [7, 11) is 0. The Balaban J connectivity index is 2.37. The molecule has 0 saturated heterocycles. The van der Waals surface area contributed by atoms with Gasteiger partial charge >= 0.3 is 5.97 Å². The lowest BCUT2D eigenvalue weighted by molar-refractivity contribution is 0.0524. The summed E-state index contributed by atoms with van der Waals surface area (Å²) >= 11 is 2.20. The number of benzene rings is 2. The molecule has 0 N–H and O–H groups in total. The van der Waals surface area contributed by atoms with Gasteiger partial charge in [0, 0.05) is 20.8 Å². The molecule has 0 aliphatic carbocycles. The molecule has 4 nitrogen and oxygen atoms in total. The van der Waals surface area contributed by atoms with Gasteiger partial charge in [-0.1, -0.05) is 18.2 Å². The second kappa shape index (κ2) is 6.54. The van der Waals surface area contributed by atoms with Crippen LogP contribution in [0.3, 0.4) is 0 Å². The number of halogens is 1. The van der Waals surface area contributed by atoms with Crippen molar-refractivity contribution in [1.29, 1.82) is 0 Å². The van der Waals surface area contributed by atoms with E-state index in [2.05, 4.69) is 22.6 Å². The number of rotatable bonds is 3. The zero-order valence-corrected chi connectivity index (χ0v) is 14.6. The monoisotopic (exact) mass is 419 g/mol. The molecule has 3 aromatic rings. The number of nitrogens with zero attached hydrogens (tertiary/aromatic N) is 1. The average molecular weight is 419 g/mol. The van der Waals surface area contributed by atoms with Crippen molar-refractivity contribution in [2.75, 3.05) is 6.61 Å². The first-order valence-electron chi connectivity index (χ1n) is 7.19. The Morgan fingerprint density at radius 2 is 1.91 bits per heavy atom. The van der Waals surface area contributed by atoms with Crippen LogP contribution in [0.25, 0.3) is 16.6 Å². The number of ether oxygens (including phenoxy) is 1. The number of hydrogen-bond donors (Lipinski definition) is 0. The Kier molecular flexibility index (Phi) is 4.47. The van der Waals surface area contributed by atoms with Crippen LogP contribution in [0, 0.1) is 3.57 Å². The predicted molar refractivity (Wildman–Crippen MR) is 98.2 cm³/mol. The van der Waals surface area contributed by atoms with E-state index in [0.29, 0.717) is 5.39 Å². The summed E-state index contributed by atoms with van der Waals surface area (Å²) in [5.41, 5.74) is 1.39. The summed E-state index contributed by atoms with van der Waals surface area (Å²) in [6.07, 6.45) is 1.56. The van der Waals surface area contributed by atoms with E-state index >= 15 is 0 Å². The van der Waals surface area contributed by atoms with E-state index in [0.717, 1.165) is 14.8 Å². The third-order valence-corrected chi connectivity index (χ3v) is 4.17. The quantitative estimate of drug-likeness (QED) is 0.480. The van der Waals surface area contributed by atoms with Gasteiger partial charge in [0.05, 0.1) is 12.1 Å². The minimum absolute atomic E-state index is 0.0458. The third kappa shape index (κ3) is 3.01. The van der Waals surface area contributed by atoms with E-state index < -0.39 is 5.97 Å². The molecule has 0 atom stereocenters. The minimum atomic E-state index is -0.595. The van der Waals surface area contributed by atoms with Crippen LogP contribution in [0.1, 0.15) is 17.3 Å². The van der Waals surface area contributed by atoms with Crippen molar-refractivity contribution in [3.63, 3.8) is 0 Å². The smallest absolute Gasteiger partial charge is 0.343 e. The van der Waals surface area contributed by atoms with Gasteiger partial charge in [0.2, 0.25) is 5.43 Å². The molecule has 3 rings (SSSR count). The van der Waals surface area contributed by atoms with E-state index in [4.69, 9.17) is 4.74 Å². The predicted octanol–water partition coefficient (Wildman–Crippen LogP) is 3.77. The molecule has 116 valence electrons. The van der Waals surface area contributed by atoms with Gasteiger partial charge in [-0.15, -0.1) is 0 Å². The number of carbonyl (C=O) groups is 1. The molecule has 5 heteroatoms. The van der Waals surface area contributed by atoms with Crippen LogP contribution in [0.4, 0.5) is 0 Å². The van der Waals surface area contributed by atoms with E-state index in [1.807, 2.05) is 47.0 Å². The van der Waals surface area contributed by atoms with E-state index in [1.165, 1.54) is 0 Å². The van der Waals surface area contributed by atoms with E-state index in [9.17, 15) is 9.59 Å². The van der Waals surface area contributed by atoms with Crippen LogP contribution in [-0.2, 0) is 4.74 Å². The topological polar surface area (TPSA) is 48.3 Å². The molecule has 1 aromatic heterocycles. The normalized spacial score (nSPS) is 10.7. The highest BCUT2D eigenvalue weighted by Crippen LogP contribution is 2.20. The molecule has 0 spiro atoms. The van der Waals surface area contributed by atoms with Crippen LogP contribution in [-0.4, -0.2) is 17.1 Å². The Morgan fingerprint density at radius 1 is 1.17 bits per heavy atom. The second-order valence-corrected chi connectivity index (χ2v) is 6.21. The molecule has 2 aromatic carbocycles. The van der Waals surface area contributed by atoms with Gasteiger partial charge in [0.1, 0.15) is 5.56 Å². The van der Waals surface area contributed by atoms with Gasteiger partial charge in [0.25, 0.3) is 0 Å². The fraction of sp³-hybridized carbons (Fsp3) is 0.111. The molecular formula is C18H14INO3. The second-order valence-electron chi connectivity index (χ2n) is 4.96. The highest BCUT2D eigenvalue weighted by Gasteiger charge is 2.17. The molecule has 0 radical (unpaired) electrons. The maximum Gasteiger partial charge on any atom is 0.343 e. The van der Waals surface area contributed by atoms with Crippen LogP contribution < -0.4 is 5.43 Å². The van der Waals surface area contributed by atoms with Crippen molar-refractivity contribution in [1.82, 2.24) is 4.57 Å². The number of pyridine rings is 1. The van der Waals surface area contributed by atoms with Crippen molar-refractivity contribution in [2.45, 2.75) is 6.92 Å². The Hall–Kier alpha value is -2.15. The SMILES string of the molecule is CCOC(=O)c1cn(-c2ccccc2)c2cc(I)ccc2c1=O. The van der Waals surface area contributed by atoms with Crippen molar-refractivity contribution in [2.24, 2.45) is 0 Å². The van der Waals surface area contributed by atoms with Gasteiger partial charge in [-0.3, -0.25) is 4.79 Å². The molecular weight excluding hydrogens is 405 g/mol. The molecule has 0 aliphatic heterocycles. The molecule has 0 unspecified atom stereocenters. The fourth-order valence-electron chi connectivity index (χ4n) is 2.45. The largest absolute Gasteiger partial charge is 0.462 e. The summed E-state index contributed by atoms with van der Waals surface area (Å²) in [6, 6.07) is 15.1. The number of esters is 1. The lowest BCUT2D eigenvalue weighted by Gasteiger charge is -2.13. The van der Waals surface area contributed by atoms with E-state index in [-0.39, 0.29) is 17.6 Å². The summed E-state index contributed by atoms with van der Waals surface area (Å²) in [5, 5.41) is 0.500. The van der Waals surface area contributed by atoms with Gasteiger partial charge in [-0.05, 0) is 59.8 Å². The number of hydrogen-bond acceptors (Lipinski definition) is 3. The van der Waals surface area contributed by atoms with Gasteiger partial charge in [-0.25, -0.2) is 4.79 Å². The first-order chi connectivity index (χ1) is 11.1. The van der Waals surface area contributed by atoms with Crippen molar-refractivity contribution >= 4 is 39.5 Å². The first-order valence-corrected chi connectivity index (χ1v) is 8.27. The van der Waals surface area contributed by atoms with Crippen molar-refractivity contribution in [3.8, 4) is 5.69 Å². The molecule has 1 heterocycles. The minimum Gasteiger partial charge on any atom is -0.462 e. The first kappa shape index (κ1) is 15.7. The number of fused-ring (bicyclic) bond motifs is 1. The molecule has 0 saturated carbocycles. The fourth-order valence-corrected chi connectivity index (χ4v) is 2.93. The van der Waals surface area contributed by atoms with Crippen LogP contribution in [0.15, 0.2) is 59.5 Å². The van der Waals surface area contributed by atoms with E-state index in [1.54, 1.807) is 19.2 Å². The Bertz CT molecular complexity index is 932. The highest BCUT2D eigenvalue weighted by molar-refractivity contribution is 14.1. The van der Waals surface area contributed by atoms with Gasteiger partial charge in [0.15, 0.2) is 0 Å². The molecule has 0 bridgehead atoms. The summed E-state index contributed by atoms with van der Waals surface area (Å²) in [4.78, 5) is 24.7. The maximum atomic E-state index is 12.6. The molecule has 0 aliphatic rings. The van der Waals surface area contributed by atoms with Crippen LogP contribution >= 0.6 is 22.6 Å². The summed E-state index contributed by atoms with van der Waals surface area (Å²) in [5.74, 6) is -0.595. The zero-order valence-electron chi connectivity index (χ0n) is 12.5. The molecule has 0 fully saturated rings. The van der Waals surface area contributed by atoms with Crippen LogP contribution in [0.5, 0.6) is 0 Å². The standard InChI is InChI=1S/C18H14INO3/c1-2-23-18(22)15-11-20(13-6-4-3-5-7-13)16-10-12(19)8-9-14(16)17(15)21/h3-11H,2H2,1H3. The van der Waals surface area contributed by atoms with Gasteiger partial charge < -0.3 is 9.30 Å². The highest BCUT2D eigenvalue weighted by atomic mass is 127. The summed E-state index contributed by atoms with van der Waals surface area (Å²) < 4.78 is 7.89. The van der Waals surface area contributed by atoms with Crippen LogP contribution in [0.2, 0.25) is 0 Å². The number of carbonyl (C=O) groups excluding carboxylic acids is 1. The molecule has 0 amide bonds.